The molecule has 1 aliphatic heterocycles. The molecule has 4 rings (SSSR count). The number of nitrogens with zero attached hydrogens (tertiary/aromatic N) is 4. The van der Waals surface area contributed by atoms with Gasteiger partial charge in [0, 0.05) is 25.6 Å². The van der Waals surface area contributed by atoms with Crippen LogP contribution in [0.15, 0.2) is 36.4 Å². The Labute approximate surface area is 196 Å². The number of alkyl carbamates (subject to hydrolysis) is 1. The van der Waals surface area contributed by atoms with E-state index < -0.39 is 11.7 Å². The van der Waals surface area contributed by atoms with Crippen molar-refractivity contribution in [3.05, 3.63) is 42.2 Å². The van der Waals surface area contributed by atoms with Crippen molar-refractivity contribution in [2.45, 2.75) is 45.8 Å². The Kier molecular flexibility index (Phi) is 6.32. The second-order valence-electron chi connectivity index (χ2n) is 9.20. The number of hydrogen-bond acceptors (Lipinski definition) is 7. The molecule has 2 N–H and O–H groups in total. The number of rotatable bonds is 4. The van der Waals surface area contributed by atoms with Gasteiger partial charge in [-0.3, -0.25) is 10.1 Å². The lowest BCUT2D eigenvalue weighted by Gasteiger charge is -2.22. The molecule has 1 fully saturated rings. The number of carbonyl (C=O) groups excluding carboxylic acids is 2. The lowest BCUT2D eigenvalue weighted by Crippen LogP contribution is -2.40. The maximum absolute atomic E-state index is 13.4. The number of hydrogen-bond donors (Lipinski definition) is 2. The van der Waals surface area contributed by atoms with Gasteiger partial charge in [-0.2, -0.15) is 4.98 Å². The van der Waals surface area contributed by atoms with Crippen LogP contribution in [-0.4, -0.2) is 51.7 Å². The summed E-state index contributed by atoms with van der Waals surface area (Å²) in [6, 6.07) is 9.53. The number of halogens is 1. The maximum Gasteiger partial charge on any atom is 0.407 e. The minimum absolute atomic E-state index is 0.135. The smallest absolute Gasteiger partial charge is 0.407 e. The van der Waals surface area contributed by atoms with E-state index in [0.29, 0.717) is 42.1 Å². The first-order valence-corrected chi connectivity index (χ1v) is 11.0. The Morgan fingerprint density at radius 2 is 1.82 bits per heavy atom. The number of nitrogens with one attached hydrogen (secondary N) is 2. The van der Waals surface area contributed by atoms with Gasteiger partial charge in [0.15, 0.2) is 5.82 Å². The van der Waals surface area contributed by atoms with E-state index in [1.54, 1.807) is 24.3 Å². The maximum atomic E-state index is 13.4. The van der Waals surface area contributed by atoms with Crippen molar-refractivity contribution in [1.29, 1.82) is 0 Å². The van der Waals surface area contributed by atoms with Gasteiger partial charge in [0.25, 0.3) is 0 Å². The zero-order valence-electron chi connectivity index (χ0n) is 19.6. The highest BCUT2D eigenvalue weighted by Gasteiger charge is 2.29. The number of aromatic nitrogens is 3. The van der Waals surface area contributed by atoms with E-state index in [9.17, 15) is 14.0 Å². The fourth-order valence-electron chi connectivity index (χ4n) is 3.76. The van der Waals surface area contributed by atoms with Gasteiger partial charge < -0.3 is 15.0 Å². The monoisotopic (exact) mass is 466 g/mol. The molecule has 1 aliphatic rings. The summed E-state index contributed by atoms with van der Waals surface area (Å²) in [6.07, 6.45) is 0.222. The number of ether oxygens (including phenoxy) is 1. The lowest BCUT2D eigenvalue weighted by atomic mass is 10.1. The summed E-state index contributed by atoms with van der Waals surface area (Å²) in [5.74, 6) is 0.113. The van der Waals surface area contributed by atoms with Crippen LogP contribution in [0.5, 0.6) is 0 Å². The fraction of sp³-hybridized carbons (Fsp3) is 0.375. The summed E-state index contributed by atoms with van der Waals surface area (Å²) in [5, 5.41) is 5.54. The Bertz CT molecular complexity index is 1230. The number of carbonyl (C=O) groups is 2. The van der Waals surface area contributed by atoms with Gasteiger partial charge in [-0.25, -0.2) is 19.2 Å². The first-order chi connectivity index (χ1) is 16.1. The summed E-state index contributed by atoms with van der Waals surface area (Å²) in [5.41, 5.74) is 1.93. The van der Waals surface area contributed by atoms with Gasteiger partial charge >= 0.3 is 6.09 Å². The molecule has 0 bridgehead atoms. The number of fused-ring (bicyclic) bond motifs is 1. The average Bonchev–Trinajstić information content (AvgIpc) is 3.19. The molecule has 2 amide bonds. The minimum atomic E-state index is -0.584. The zero-order chi connectivity index (χ0) is 24.5. The quantitative estimate of drug-likeness (QED) is 0.600. The Morgan fingerprint density at radius 3 is 2.50 bits per heavy atom. The number of benzene rings is 1. The highest BCUT2D eigenvalue weighted by molar-refractivity contribution is 5.92. The van der Waals surface area contributed by atoms with E-state index in [0.717, 1.165) is 5.56 Å². The summed E-state index contributed by atoms with van der Waals surface area (Å²) in [4.78, 5) is 39.6. The largest absolute Gasteiger partial charge is 0.444 e. The highest BCUT2D eigenvalue weighted by Crippen LogP contribution is 2.29. The highest BCUT2D eigenvalue weighted by atomic mass is 19.1. The summed E-state index contributed by atoms with van der Waals surface area (Å²) < 4.78 is 18.7. The molecule has 1 aromatic carbocycles. The molecule has 178 valence electrons. The van der Waals surface area contributed by atoms with Gasteiger partial charge in [-0.15, -0.1) is 0 Å². The third-order valence-corrected chi connectivity index (χ3v) is 5.16. The molecular formula is C24H27FN6O3. The summed E-state index contributed by atoms with van der Waals surface area (Å²) >= 11 is 0. The van der Waals surface area contributed by atoms with E-state index in [2.05, 4.69) is 20.6 Å². The van der Waals surface area contributed by atoms with Crippen LogP contribution in [-0.2, 0) is 9.53 Å². The van der Waals surface area contributed by atoms with E-state index >= 15 is 0 Å². The van der Waals surface area contributed by atoms with Gasteiger partial charge in [0.1, 0.15) is 16.9 Å². The Balaban J connectivity index is 1.66. The zero-order valence-corrected chi connectivity index (χ0v) is 19.6. The molecule has 0 saturated carbocycles. The number of pyridine rings is 1. The topological polar surface area (TPSA) is 109 Å². The second kappa shape index (κ2) is 9.20. The van der Waals surface area contributed by atoms with E-state index in [1.807, 2.05) is 25.7 Å². The van der Waals surface area contributed by atoms with Crippen LogP contribution in [0.2, 0.25) is 0 Å². The first-order valence-electron chi connectivity index (χ1n) is 11.0. The number of anilines is 2. The predicted octanol–water partition coefficient (Wildman–Crippen LogP) is 3.89. The first kappa shape index (κ1) is 23.3. The molecule has 34 heavy (non-hydrogen) atoms. The predicted molar refractivity (Wildman–Crippen MR) is 127 cm³/mol. The summed E-state index contributed by atoms with van der Waals surface area (Å²) in [6.45, 7) is 7.94. The van der Waals surface area contributed by atoms with Crippen LogP contribution in [0.1, 0.15) is 34.1 Å². The average molecular weight is 467 g/mol. The van der Waals surface area contributed by atoms with Crippen LogP contribution >= 0.6 is 0 Å². The van der Waals surface area contributed by atoms with Crippen LogP contribution in [0.3, 0.4) is 0 Å². The summed E-state index contributed by atoms with van der Waals surface area (Å²) in [7, 11) is 0. The molecule has 0 radical (unpaired) electrons. The van der Waals surface area contributed by atoms with E-state index in [4.69, 9.17) is 9.72 Å². The van der Waals surface area contributed by atoms with Gasteiger partial charge in [-0.1, -0.05) is 0 Å². The van der Waals surface area contributed by atoms with Crippen LogP contribution in [0.25, 0.3) is 22.3 Å². The van der Waals surface area contributed by atoms with Gasteiger partial charge in [-0.05, 0) is 63.6 Å². The molecule has 0 unspecified atom stereocenters. The molecule has 3 aromatic rings. The van der Waals surface area contributed by atoms with Gasteiger partial charge in [0.2, 0.25) is 11.9 Å². The van der Waals surface area contributed by atoms with Crippen molar-refractivity contribution in [2.75, 3.05) is 23.3 Å². The lowest BCUT2D eigenvalue weighted by molar-refractivity contribution is -0.114. The molecule has 0 aliphatic carbocycles. The van der Waals surface area contributed by atoms with Crippen molar-refractivity contribution < 1.29 is 18.7 Å². The van der Waals surface area contributed by atoms with Crippen molar-refractivity contribution in [3.63, 3.8) is 0 Å². The molecule has 9 nitrogen and oxygen atoms in total. The number of amides is 2. The standard InChI is InChI=1S/C24H27FN6O3/c1-14(32)26-22-29-19-10-9-18(15-5-7-16(25)8-6-15)28-20(19)21(30-22)31-12-11-17(13-31)27-23(33)34-24(2,3)4/h5-10,17H,11-13H2,1-4H3,(H,27,33)(H,26,29,30,32)/t17-/m1/s1. The van der Waals surface area contributed by atoms with Crippen molar-refractivity contribution in [3.8, 4) is 11.3 Å². The molecule has 0 spiro atoms. The van der Waals surface area contributed by atoms with Crippen molar-refractivity contribution in [2.24, 2.45) is 0 Å². The molecule has 3 heterocycles. The fourth-order valence-corrected chi connectivity index (χ4v) is 3.76. The molecule has 2 aromatic heterocycles. The van der Waals surface area contributed by atoms with Crippen LogP contribution in [0, 0.1) is 5.82 Å². The molecule has 1 saturated heterocycles. The van der Waals surface area contributed by atoms with E-state index in [1.165, 1.54) is 19.1 Å². The minimum Gasteiger partial charge on any atom is -0.444 e. The van der Waals surface area contributed by atoms with E-state index in [-0.39, 0.29) is 23.7 Å². The van der Waals surface area contributed by atoms with Crippen molar-refractivity contribution >= 4 is 34.8 Å². The van der Waals surface area contributed by atoms with Crippen LogP contribution < -0.4 is 15.5 Å². The molecule has 1 atom stereocenters. The third kappa shape index (κ3) is 5.56. The molecule has 10 heteroatoms. The van der Waals surface area contributed by atoms with Crippen LogP contribution in [0.4, 0.5) is 21.0 Å². The molecular weight excluding hydrogens is 439 g/mol. The third-order valence-electron chi connectivity index (χ3n) is 5.16. The SMILES string of the molecule is CC(=O)Nc1nc(N2CC[C@@H](NC(=O)OC(C)(C)C)C2)c2nc(-c3ccc(F)cc3)ccc2n1. The van der Waals surface area contributed by atoms with Crippen molar-refractivity contribution in [1.82, 2.24) is 20.3 Å². The Hall–Kier alpha value is -3.82. The second-order valence-corrected chi connectivity index (χ2v) is 9.20. The Morgan fingerprint density at radius 1 is 1.09 bits per heavy atom. The van der Waals surface area contributed by atoms with Gasteiger partial charge in [0.05, 0.1) is 17.3 Å². The normalized spacial score (nSPS) is 15.9.